The Bertz CT molecular complexity index is 306. The van der Waals surface area contributed by atoms with Crippen LogP contribution in [-0.2, 0) is 4.74 Å². The molecule has 122 valence electrons. The standard InChI is InChI=1S/C17H32N2O2/c1-3-8-17(20)9-15-21-16-14-18(2)10-7-13-19-11-5-4-6-12-19/h17,20H,4-7,9-16H2,1-2H3. The van der Waals surface area contributed by atoms with Crippen LogP contribution in [0.1, 0.15) is 39.0 Å². The van der Waals surface area contributed by atoms with E-state index in [0.29, 0.717) is 13.0 Å². The predicted octanol–water partition coefficient (Wildman–Crippen LogP) is 1.59. The van der Waals surface area contributed by atoms with Gasteiger partial charge in [-0.3, -0.25) is 0 Å². The lowest BCUT2D eigenvalue weighted by Crippen LogP contribution is -2.33. The summed E-state index contributed by atoms with van der Waals surface area (Å²) >= 11 is 0. The van der Waals surface area contributed by atoms with Gasteiger partial charge in [-0.15, -0.1) is 5.92 Å². The number of aliphatic hydroxyl groups is 1. The smallest absolute Gasteiger partial charge is 0.116 e. The summed E-state index contributed by atoms with van der Waals surface area (Å²) in [6.45, 7) is 8.94. The van der Waals surface area contributed by atoms with Crippen molar-refractivity contribution in [2.75, 3.05) is 53.0 Å². The number of hydrogen-bond donors (Lipinski definition) is 1. The van der Waals surface area contributed by atoms with E-state index in [1.807, 2.05) is 0 Å². The molecule has 21 heavy (non-hydrogen) atoms. The van der Waals surface area contributed by atoms with Crippen LogP contribution in [0.5, 0.6) is 0 Å². The van der Waals surface area contributed by atoms with Gasteiger partial charge in [0, 0.05) is 13.0 Å². The van der Waals surface area contributed by atoms with E-state index in [0.717, 1.165) is 19.7 Å². The highest BCUT2D eigenvalue weighted by molar-refractivity contribution is 5.01. The van der Waals surface area contributed by atoms with E-state index in [-0.39, 0.29) is 0 Å². The van der Waals surface area contributed by atoms with Crippen molar-refractivity contribution in [2.45, 2.75) is 45.1 Å². The summed E-state index contributed by atoms with van der Waals surface area (Å²) in [6, 6.07) is 0. The number of piperidine rings is 1. The molecule has 0 radical (unpaired) electrons. The van der Waals surface area contributed by atoms with Crippen molar-refractivity contribution in [2.24, 2.45) is 0 Å². The van der Waals surface area contributed by atoms with Crippen LogP contribution in [0.2, 0.25) is 0 Å². The van der Waals surface area contributed by atoms with Crippen molar-refractivity contribution < 1.29 is 9.84 Å². The summed E-state index contributed by atoms with van der Waals surface area (Å²) in [5, 5.41) is 9.43. The average Bonchev–Trinajstić information content (AvgIpc) is 2.48. The maximum absolute atomic E-state index is 9.43. The lowest BCUT2D eigenvalue weighted by Gasteiger charge is -2.27. The third kappa shape index (κ3) is 9.87. The van der Waals surface area contributed by atoms with Crippen molar-refractivity contribution in [1.82, 2.24) is 9.80 Å². The van der Waals surface area contributed by atoms with Gasteiger partial charge in [0.15, 0.2) is 0 Å². The van der Waals surface area contributed by atoms with Gasteiger partial charge in [0.2, 0.25) is 0 Å². The molecule has 1 rings (SSSR count). The number of rotatable bonds is 10. The van der Waals surface area contributed by atoms with Crippen molar-refractivity contribution in [3.8, 4) is 11.8 Å². The van der Waals surface area contributed by atoms with Gasteiger partial charge < -0.3 is 19.6 Å². The molecule has 4 heteroatoms. The highest BCUT2D eigenvalue weighted by Crippen LogP contribution is 2.08. The molecule has 1 fully saturated rings. The summed E-state index contributed by atoms with van der Waals surface area (Å²) in [5.74, 6) is 5.42. The minimum absolute atomic E-state index is 0.544. The fourth-order valence-electron chi connectivity index (χ4n) is 2.62. The normalized spacial score (nSPS) is 17.5. The highest BCUT2D eigenvalue weighted by Gasteiger charge is 2.09. The minimum Gasteiger partial charge on any atom is -0.380 e. The zero-order valence-corrected chi connectivity index (χ0v) is 13.8. The molecule has 1 unspecified atom stereocenters. The largest absolute Gasteiger partial charge is 0.380 e. The van der Waals surface area contributed by atoms with E-state index in [4.69, 9.17) is 4.74 Å². The summed E-state index contributed by atoms with van der Waals surface area (Å²) < 4.78 is 5.54. The first-order chi connectivity index (χ1) is 10.2. The van der Waals surface area contributed by atoms with Gasteiger partial charge >= 0.3 is 0 Å². The monoisotopic (exact) mass is 296 g/mol. The van der Waals surface area contributed by atoms with E-state index in [1.165, 1.54) is 45.3 Å². The van der Waals surface area contributed by atoms with E-state index in [1.54, 1.807) is 6.92 Å². The molecule has 0 aromatic carbocycles. The number of ether oxygens (including phenoxy) is 1. The van der Waals surface area contributed by atoms with Crippen molar-refractivity contribution in [1.29, 1.82) is 0 Å². The molecule has 1 aliphatic rings. The van der Waals surface area contributed by atoms with Crippen LogP contribution >= 0.6 is 0 Å². The maximum atomic E-state index is 9.43. The molecule has 0 aliphatic carbocycles. The van der Waals surface area contributed by atoms with Crippen molar-refractivity contribution in [3.05, 3.63) is 0 Å². The fraction of sp³-hybridized carbons (Fsp3) is 0.882. The molecule has 0 aromatic heterocycles. The third-order valence-electron chi connectivity index (χ3n) is 3.93. The number of nitrogens with zero attached hydrogens (tertiary/aromatic N) is 2. The van der Waals surface area contributed by atoms with Gasteiger partial charge in [-0.25, -0.2) is 0 Å². The lowest BCUT2D eigenvalue weighted by atomic mass is 10.1. The van der Waals surface area contributed by atoms with Crippen molar-refractivity contribution in [3.63, 3.8) is 0 Å². The molecule has 0 bridgehead atoms. The quantitative estimate of drug-likeness (QED) is 0.490. The first kappa shape index (κ1) is 18.4. The molecular weight excluding hydrogens is 264 g/mol. The predicted molar refractivity (Wildman–Crippen MR) is 87.3 cm³/mol. The Morgan fingerprint density at radius 3 is 2.67 bits per heavy atom. The summed E-state index contributed by atoms with van der Waals surface area (Å²) in [7, 11) is 2.15. The maximum Gasteiger partial charge on any atom is 0.116 e. The molecule has 0 saturated carbocycles. The van der Waals surface area contributed by atoms with Crippen molar-refractivity contribution >= 4 is 0 Å². The topological polar surface area (TPSA) is 35.9 Å². The van der Waals surface area contributed by atoms with E-state index in [9.17, 15) is 5.11 Å². The Morgan fingerprint density at radius 1 is 1.19 bits per heavy atom. The van der Waals surface area contributed by atoms with Gasteiger partial charge in [-0.05, 0) is 59.4 Å². The number of hydrogen-bond acceptors (Lipinski definition) is 4. The molecule has 0 amide bonds. The molecular formula is C17H32N2O2. The molecule has 4 nitrogen and oxygen atoms in total. The van der Waals surface area contributed by atoms with Crippen LogP contribution in [-0.4, -0.2) is 74.0 Å². The molecule has 1 aliphatic heterocycles. The molecule has 0 aromatic rings. The van der Waals surface area contributed by atoms with Gasteiger partial charge in [0.1, 0.15) is 6.10 Å². The lowest BCUT2D eigenvalue weighted by molar-refractivity contribution is 0.0857. The zero-order valence-electron chi connectivity index (χ0n) is 13.8. The molecule has 1 heterocycles. The average molecular weight is 296 g/mol. The first-order valence-electron chi connectivity index (χ1n) is 8.31. The second kappa shape index (κ2) is 12.0. The number of aliphatic hydroxyl groups excluding tert-OH is 1. The SMILES string of the molecule is CC#CC(O)CCOCCN(C)CCCN1CCCCC1. The fourth-order valence-corrected chi connectivity index (χ4v) is 2.62. The molecule has 1 saturated heterocycles. The Kier molecular flexibility index (Phi) is 10.5. The zero-order chi connectivity index (χ0) is 15.3. The Balaban J connectivity index is 1.90. The van der Waals surface area contributed by atoms with Gasteiger partial charge in [-0.2, -0.15) is 0 Å². The van der Waals surface area contributed by atoms with E-state index < -0.39 is 6.10 Å². The van der Waals surface area contributed by atoms with Crippen LogP contribution in [0, 0.1) is 11.8 Å². The Morgan fingerprint density at radius 2 is 1.95 bits per heavy atom. The van der Waals surface area contributed by atoms with Crippen LogP contribution in [0.3, 0.4) is 0 Å². The van der Waals surface area contributed by atoms with E-state index >= 15 is 0 Å². The van der Waals surface area contributed by atoms with Crippen LogP contribution in [0.15, 0.2) is 0 Å². The minimum atomic E-state index is -0.544. The molecule has 1 atom stereocenters. The van der Waals surface area contributed by atoms with Gasteiger partial charge in [-0.1, -0.05) is 12.3 Å². The van der Waals surface area contributed by atoms with Gasteiger partial charge in [0.25, 0.3) is 0 Å². The summed E-state index contributed by atoms with van der Waals surface area (Å²) in [6.07, 6.45) is 5.44. The van der Waals surface area contributed by atoms with Crippen LogP contribution < -0.4 is 0 Å². The molecule has 1 N–H and O–H groups in total. The Hall–Kier alpha value is -0.600. The third-order valence-corrected chi connectivity index (χ3v) is 3.93. The number of likely N-dealkylation sites (tertiary alicyclic amines) is 1. The van der Waals surface area contributed by atoms with E-state index in [2.05, 4.69) is 28.7 Å². The first-order valence-corrected chi connectivity index (χ1v) is 8.31. The number of likely N-dealkylation sites (N-methyl/N-ethyl adjacent to an activating group) is 1. The van der Waals surface area contributed by atoms with Crippen LogP contribution in [0.25, 0.3) is 0 Å². The summed E-state index contributed by atoms with van der Waals surface area (Å²) in [4.78, 5) is 4.91. The molecule has 0 spiro atoms. The summed E-state index contributed by atoms with van der Waals surface area (Å²) in [5.41, 5.74) is 0. The highest BCUT2D eigenvalue weighted by atomic mass is 16.5. The Labute approximate surface area is 130 Å². The van der Waals surface area contributed by atoms with Crippen LogP contribution in [0.4, 0.5) is 0 Å². The second-order valence-corrected chi connectivity index (χ2v) is 5.87. The second-order valence-electron chi connectivity index (χ2n) is 5.87. The van der Waals surface area contributed by atoms with Gasteiger partial charge in [0.05, 0.1) is 13.2 Å².